The predicted octanol–water partition coefficient (Wildman–Crippen LogP) is 2.19. The minimum Gasteiger partial charge on any atom is -0.431 e. The van der Waals surface area contributed by atoms with E-state index < -0.39 is 4.92 Å². The zero-order valence-electron chi connectivity index (χ0n) is 11.1. The van der Waals surface area contributed by atoms with Crippen LogP contribution in [-0.4, -0.2) is 21.0 Å². The van der Waals surface area contributed by atoms with Crippen molar-refractivity contribution < 1.29 is 14.9 Å². The predicted molar refractivity (Wildman–Crippen MR) is 74.7 cm³/mol. The number of rotatable bonds is 4. The van der Waals surface area contributed by atoms with E-state index in [0.29, 0.717) is 11.1 Å². The average molecular weight is 288 g/mol. The van der Waals surface area contributed by atoms with Crippen molar-refractivity contribution in [1.29, 1.82) is 0 Å². The maximum absolute atomic E-state index is 11.0. The van der Waals surface area contributed by atoms with Crippen molar-refractivity contribution >= 4 is 11.5 Å². The summed E-state index contributed by atoms with van der Waals surface area (Å²) in [7, 11) is 0. The fourth-order valence-corrected chi connectivity index (χ4v) is 1.70. The number of hydrogen-bond donors (Lipinski definition) is 2. The lowest BCUT2D eigenvalue weighted by Crippen LogP contribution is -2.13. The van der Waals surface area contributed by atoms with E-state index in [1.807, 2.05) is 0 Å². The third-order valence-electron chi connectivity index (χ3n) is 2.73. The lowest BCUT2D eigenvalue weighted by molar-refractivity contribution is -0.385. The molecule has 0 aliphatic heterocycles. The fourth-order valence-electron chi connectivity index (χ4n) is 1.70. The Kier molecular flexibility index (Phi) is 3.98. The van der Waals surface area contributed by atoms with Crippen LogP contribution in [0, 0.1) is 17.0 Å². The van der Waals surface area contributed by atoms with Gasteiger partial charge in [-0.3, -0.25) is 10.1 Å². The van der Waals surface area contributed by atoms with Gasteiger partial charge in [0.25, 0.3) is 0 Å². The fraction of sp³-hybridized carbons (Fsp3) is 0.0769. The van der Waals surface area contributed by atoms with Gasteiger partial charge in [-0.05, 0) is 18.6 Å². The highest BCUT2D eigenvalue weighted by atomic mass is 16.6. The van der Waals surface area contributed by atoms with Gasteiger partial charge in [0, 0.05) is 23.9 Å². The number of hydrogen-bond acceptors (Lipinski definition) is 6. The van der Waals surface area contributed by atoms with Gasteiger partial charge in [-0.25, -0.2) is 4.98 Å². The minimum absolute atomic E-state index is 0.103. The summed E-state index contributed by atoms with van der Waals surface area (Å²) in [4.78, 5) is 14.4. The standard InChI is InChI=1S/C13H12N4O4/c1-8-3-2-4-10(17(19)20)12(8)21-11-7-9(5-6-15-11)13(14)16-18/h2-7,18H,1H3,(H2,14,16). The molecule has 0 aliphatic rings. The van der Waals surface area contributed by atoms with Gasteiger partial charge in [0.05, 0.1) is 4.92 Å². The van der Waals surface area contributed by atoms with E-state index in [2.05, 4.69) is 10.1 Å². The molecule has 0 aliphatic carbocycles. The number of ether oxygens (including phenoxy) is 1. The molecule has 0 saturated carbocycles. The Hall–Kier alpha value is -3.16. The SMILES string of the molecule is Cc1cccc([N+](=O)[O-])c1Oc1cc(/C(N)=N/O)ccn1. The topological polar surface area (TPSA) is 124 Å². The van der Waals surface area contributed by atoms with Crippen LogP contribution < -0.4 is 10.5 Å². The van der Waals surface area contributed by atoms with Gasteiger partial charge >= 0.3 is 5.69 Å². The molecule has 8 nitrogen and oxygen atoms in total. The highest BCUT2D eigenvalue weighted by Gasteiger charge is 2.18. The highest BCUT2D eigenvalue weighted by Crippen LogP contribution is 2.33. The first-order valence-corrected chi connectivity index (χ1v) is 5.88. The molecule has 0 spiro atoms. The first-order valence-electron chi connectivity index (χ1n) is 5.88. The Morgan fingerprint density at radius 1 is 1.48 bits per heavy atom. The molecule has 0 unspecified atom stereocenters. The zero-order chi connectivity index (χ0) is 15.4. The number of oxime groups is 1. The highest BCUT2D eigenvalue weighted by molar-refractivity contribution is 5.97. The minimum atomic E-state index is -0.532. The number of pyridine rings is 1. The summed E-state index contributed by atoms with van der Waals surface area (Å²) in [5.74, 6) is 0.102. The molecule has 0 radical (unpaired) electrons. The second kappa shape index (κ2) is 5.87. The van der Waals surface area contributed by atoms with Gasteiger partial charge in [-0.2, -0.15) is 0 Å². The normalized spacial score (nSPS) is 11.2. The van der Waals surface area contributed by atoms with Gasteiger partial charge in [0.2, 0.25) is 11.6 Å². The second-order valence-electron chi connectivity index (χ2n) is 4.15. The molecule has 0 fully saturated rings. The van der Waals surface area contributed by atoms with E-state index in [1.54, 1.807) is 19.1 Å². The van der Waals surface area contributed by atoms with Gasteiger partial charge in [0.15, 0.2) is 5.84 Å². The lowest BCUT2D eigenvalue weighted by atomic mass is 10.2. The van der Waals surface area contributed by atoms with Crippen molar-refractivity contribution in [1.82, 2.24) is 4.98 Å². The maximum Gasteiger partial charge on any atom is 0.311 e. The monoisotopic (exact) mass is 288 g/mol. The average Bonchev–Trinajstić information content (AvgIpc) is 2.48. The van der Waals surface area contributed by atoms with Crippen LogP contribution in [0.5, 0.6) is 11.6 Å². The third-order valence-corrected chi connectivity index (χ3v) is 2.73. The number of aromatic nitrogens is 1. The maximum atomic E-state index is 11.0. The van der Waals surface area contributed by atoms with Crippen molar-refractivity contribution in [3.8, 4) is 11.6 Å². The second-order valence-corrected chi connectivity index (χ2v) is 4.15. The summed E-state index contributed by atoms with van der Waals surface area (Å²) in [6.07, 6.45) is 1.40. The molecule has 1 heterocycles. The van der Waals surface area contributed by atoms with Gasteiger partial charge in [-0.1, -0.05) is 17.3 Å². The molecule has 3 N–H and O–H groups in total. The quantitative estimate of drug-likeness (QED) is 0.292. The van der Waals surface area contributed by atoms with Crippen LogP contribution in [0.3, 0.4) is 0 Å². The molecule has 21 heavy (non-hydrogen) atoms. The Labute approximate surface area is 119 Å². The smallest absolute Gasteiger partial charge is 0.311 e. The Bertz CT molecular complexity index is 715. The van der Waals surface area contributed by atoms with Crippen molar-refractivity contribution in [3.63, 3.8) is 0 Å². The largest absolute Gasteiger partial charge is 0.431 e. The molecule has 0 amide bonds. The molecule has 0 saturated heterocycles. The van der Waals surface area contributed by atoms with E-state index in [4.69, 9.17) is 15.7 Å². The molecule has 1 aromatic heterocycles. The van der Waals surface area contributed by atoms with E-state index in [9.17, 15) is 10.1 Å². The van der Waals surface area contributed by atoms with Crippen molar-refractivity contribution in [2.45, 2.75) is 6.92 Å². The number of nitrogens with two attached hydrogens (primary N) is 1. The van der Waals surface area contributed by atoms with Crippen LogP contribution in [-0.2, 0) is 0 Å². The summed E-state index contributed by atoms with van der Waals surface area (Å²) in [5.41, 5.74) is 6.30. The van der Waals surface area contributed by atoms with Gasteiger partial charge in [-0.15, -0.1) is 0 Å². The van der Waals surface area contributed by atoms with Crippen LogP contribution >= 0.6 is 0 Å². The van der Waals surface area contributed by atoms with Crippen LogP contribution in [0.2, 0.25) is 0 Å². The van der Waals surface area contributed by atoms with E-state index in [1.165, 1.54) is 24.4 Å². The molecular formula is C13H12N4O4. The Balaban J connectivity index is 2.41. The number of benzene rings is 1. The zero-order valence-corrected chi connectivity index (χ0v) is 11.1. The molecule has 2 rings (SSSR count). The summed E-state index contributed by atoms with van der Waals surface area (Å²) in [5, 5.41) is 22.5. The molecule has 1 aromatic carbocycles. The number of aryl methyl sites for hydroxylation is 1. The number of nitrogens with zero attached hydrogens (tertiary/aromatic N) is 3. The Morgan fingerprint density at radius 3 is 2.90 bits per heavy atom. The van der Waals surface area contributed by atoms with Crippen molar-refractivity contribution in [3.05, 3.63) is 57.8 Å². The first kappa shape index (κ1) is 14.3. The number of nitro benzene ring substituents is 1. The Morgan fingerprint density at radius 2 is 2.24 bits per heavy atom. The van der Waals surface area contributed by atoms with E-state index >= 15 is 0 Å². The van der Waals surface area contributed by atoms with Crippen LogP contribution in [0.1, 0.15) is 11.1 Å². The number of nitro groups is 1. The number of amidine groups is 1. The summed E-state index contributed by atoms with van der Waals surface area (Å²) >= 11 is 0. The van der Waals surface area contributed by atoms with Crippen LogP contribution in [0.25, 0.3) is 0 Å². The van der Waals surface area contributed by atoms with Crippen LogP contribution in [0.4, 0.5) is 5.69 Å². The lowest BCUT2D eigenvalue weighted by Gasteiger charge is -2.08. The van der Waals surface area contributed by atoms with Crippen LogP contribution in [0.15, 0.2) is 41.7 Å². The molecule has 0 atom stereocenters. The first-order chi connectivity index (χ1) is 10.0. The van der Waals surface area contributed by atoms with E-state index in [0.717, 1.165) is 0 Å². The molecule has 0 bridgehead atoms. The molecule has 108 valence electrons. The van der Waals surface area contributed by atoms with E-state index in [-0.39, 0.29) is 23.2 Å². The summed E-state index contributed by atoms with van der Waals surface area (Å²) in [6.45, 7) is 1.69. The van der Waals surface area contributed by atoms with Gasteiger partial charge < -0.3 is 15.7 Å². The number of para-hydroxylation sites is 1. The molecular weight excluding hydrogens is 276 g/mol. The van der Waals surface area contributed by atoms with Crippen molar-refractivity contribution in [2.24, 2.45) is 10.9 Å². The third kappa shape index (κ3) is 3.06. The van der Waals surface area contributed by atoms with Gasteiger partial charge in [0.1, 0.15) is 0 Å². The molecule has 2 aromatic rings. The summed E-state index contributed by atoms with van der Waals surface area (Å²) in [6, 6.07) is 7.55. The summed E-state index contributed by atoms with van der Waals surface area (Å²) < 4.78 is 5.49. The molecule has 8 heteroatoms. The van der Waals surface area contributed by atoms with Crippen molar-refractivity contribution in [2.75, 3.05) is 0 Å².